The summed E-state index contributed by atoms with van der Waals surface area (Å²) in [6, 6.07) is 7.90. The van der Waals surface area contributed by atoms with E-state index in [0.29, 0.717) is 17.0 Å². The van der Waals surface area contributed by atoms with Gasteiger partial charge in [0.2, 0.25) is 5.95 Å². The quantitative estimate of drug-likeness (QED) is 0.900. The van der Waals surface area contributed by atoms with Gasteiger partial charge >= 0.3 is 0 Å². The Labute approximate surface area is 122 Å². The molecular formula is C14H16ClN5. The third kappa shape index (κ3) is 3.36. The summed E-state index contributed by atoms with van der Waals surface area (Å²) < 4.78 is 0. The summed E-state index contributed by atoms with van der Waals surface area (Å²) in [5.74, 6) is 1.25. The third-order valence-corrected chi connectivity index (χ3v) is 3.62. The lowest BCUT2D eigenvalue weighted by atomic mass is 10.2. The van der Waals surface area contributed by atoms with Gasteiger partial charge in [0, 0.05) is 16.8 Å². The van der Waals surface area contributed by atoms with Gasteiger partial charge < -0.3 is 10.6 Å². The van der Waals surface area contributed by atoms with E-state index in [1.165, 1.54) is 25.7 Å². The zero-order chi connectivity index (χ0) is 13.8. The maximum atomic E-state index is 5.85. The highest BCUT2D eigenvalue weighted by molar-refractivity contribution is 6.30. The molecule has 1 aliphatic rings. The lowest BCUT2D eigenvalue weighted by Gasteiger charge is -2.12. The summed E-state index contributed by atoms with van der Waals surface area (Å²) in [7, 11) is 0. The molecule has 0 spiro atoms. The topological polar surface area (TPSA) is 62.7 Å². The van der Waals surface area contributed by atoms with Gasteiger partial charge in [-0.15, -0.1) is 5.10 Å². The Kier molecular flexibility index (Phi) is 3.97. The van der Waals surface area contributed by atoms with Crippen molar-refractivity contribution in [2.75, 3.05) is 10.6 Å². The summed E-state index contributed by atoms with van der Waals surface area (Å²) in [5.41, 5.74) is 0.884. The molecule has 2 aromatic rings. The van der Waals surface area contributed by atoms with Crippen molar-refractivity contribution in [1.82, 2.24) is 15.2 Å². The monoisotopic (exact) mass is 289 g/mol. The molecule has 5 nitrogen and oxygen atoms in total. The molecule has 0 bridgehead atoms. The minimum atomic E-state index is 0.482. The molecule has 0 radical (unpaired) electrons. The predicted octanol–water partition coefficient (Wildman–Crippen LogP) is 3.62. The molecule has 0 aliphatic heterocycles. The van der Waals surface area contributed by atoms with Crippen molar-refractivity contribution in [3.05, 3.63) is 35.5 Å². The van der Waals surface area contributed by atoms with Crippen molar-refractivity contribution in [3.8, 4) is 0 Å². The molecular weight excluding hydrogens is 274 g/mol. The Morgan fingerprint density at radius 2 is 1.85 bits per heavy atom. The summed E-state index contributed by atoms with van der Waals surface area (Å²) in [4.78, 5) is 4.43. The Bertz CT molecular complexity index is 566. The van der Waals surface area contributed by atoms with Gasteiger partial charge in [0.15, 0.2) is 5.82 Å². The van der Waals surface area contributed by atoms with Crippen molar-refractivity contribution in [2.24, 2.45) is 0 Å². The SMILES string of the molecule is Clc1ccc(Nc2nncc(NC3CCCC3)n2)cc1. The molecule has 3 rings (SSSR count). The van der Waals surface area contributed by atoms with Crippen molar-refractivity contribution in [2.45, 2.75) is 31.7 Å². The van der Waals surface area contributed by atoms with E-state index in [-0.39, 0.29) is 0 Å². The van der Waals surface area contributed by atoms with Crippen LogP contribution in [0.1, 0.15) is 25.7 Å². The highest BCUT2D eigenvalue weighted by Gasteiger charge is 2.15. The van der Waals surface area contributed by atoms with Crippen LogP contribution >= 0.6 is 11.6 Å². The minimum Gasteiger partial charge on any atom is -0.366 e. The fourth-order valence-corrected chi connectivity index (χ4v) is 2.49. The Balaban J connectivity index is 1.68. The van der Waals surface area contributed by atoms with Gasteiger partial charge in [-0.25, -0.2) is 0 Å². The predicted molar refractivity (Wildman–Crippen MR) is 80.4 cm³/mol. The first-order chi connectivity index (χ1) is 9.79. The van der Waals surface area contributed by atoms with E-state index >= 15 is 0 Å². The molecule has 1 aromatic carbocycles. The van der Waals surface area contributed by atoms with Crippen molar-refractivity contribution < 1.29 is 0 Å². The average Bonchev–Trinajstić information content (AvgIpc) is 2.95. The number of nitrogens with one attached hydrogen (secondary N) is 2. The van der Waals surface area contributed by atoms with E-state index in [1.54, 1.807) is 6.20 Å². The van der Waals surface area contributed by atoms with E-state index in [9.17, 15) is 0 Å². The molecule has 20 heavy (non-hydrogen) atoms. The summed E-state index contributed by atoms with van der Waals surface area (Å²) in [5, 5.41) is 15.2. The zero-order valence-electron chi connectivity index (χ0n) is 11.0. The van der Waals surface area contributed by atoms with E-state index in [2.05, 4.69) is 25.8 Å². The molecule has 1 heterocycles. The second kappa shape index (κ2) is 6.05. The molecule has 0 amide bonds. The first-order valence-electron chi connectivity index (χ1n) is 6.78. The Morgan fingerprint density at radius 3 is 2.60 bits per heavy atom. The fraction of sp³-hybridized carbons (Fsp3) is 0.357. The van der Waals surface area contributed by atoms with Gasteiger partial charge in [-0.1, -0.05) is 24.4 Å². The number of benzene rings is 1. The number of rotatable bonds is 4. The molecule has 104 valence electrons. The smallest absolute Gasteiger partial charge is 0.249 e. The molecule has 0 atom stereocenters. The van der Waals surface area contributed by atoms with Crippen LogP contribution in [0.2, 0.25) is 5.02 Å². The summed E-state index contributed by atoms with van der Waals surface area (Å²) >= 11 is 5.85. The van der Waals surface area contributed by atoms with Crippen LogP contribution in [0.5, 0.6) is 0 Å². The molecule has 1 aromatic heterocycles. The number of aromatic nitrogens is 3. The molecule has 2 N–H and O–H groups in total. The second-order valence-electron chi connectivity index (χ2n) is 4.92. The lowest BCUT2D eigenvalue weighted by molar-refractivity contribution is 0.747. The third-order valence-electron chi connectivity index (χ3n) is 3.37. The van der Waals surface area contributed by atoms with Gasteiger partial charge in [0.25, 0.3) is 0 Å². The summed E-state index contributed by atoms with van der Waals surface area (Å²) in [6.45, 7) is 0. The van der Waals surface area contributed by atoms with Crippen LogP contribution in [-0.4, -0.2) is 21.2 Å². The average molecular weight is 290 g/mol. The number of nitrogens with zero attached hydrogens (tertiary/aromatic N) is 3. The molecule has 6 heteroatoms. The van der Waals surface area contributed by atoms with Crippen LogP contribution in [0.4, 0.5) is 17.5 Å². The largest absolute Gasteiger partial charge is 0.366 e. The molecule has 1 fully saturated rings. The van der Waals surface area contributed by atoms with Gasteiger partial charge in [0.1, 0.15) is 0 Å². The van der Waals surface area contributed by atoms with Crippen molar-refractivity contribution >= 4 is 29.1 Å². The van der Waals surface area contributed by atoms with Gasteiger partial charge in [-0.05, 0) is 37.1 Å². The number of anilines is 3. The molecule has 1 aliphatic carbocycles. The van der Waals surface area contributed by atoms with Crippen molar-refractivity contribution in [3.63, 3.8) is 0 Å². The number of hydrogen-bond acceptors (Lipinski definition) is 5. The normalized spacial score (nSPS) is 15.2. The van der Waals surface area contributed by atoms with Crippen LogP contribution in [0.3, 0.4) is 0 Å². The van der Waals surface area contributed by atoms with Crippen LogP contribution in [0, 0.1) is 0 Å². The van der Waals surface area contributed by atoms with Gasteiger partial charge in [-0.2, -0.15) is 10.1 Å². The standard InChI is InChI=1S/C14H16ClN5/c15-10-5-7-12(8-6-10)18-14-19-13(9-16-20-14)17-11-3-1-2-4-11/h5-9,11H,1-4H2,(H2,17,18,19,20). The minimum absolute atomic E-state index is 0.482. The summed E-state index contributed by atoms with van der Waals surface area (Å²) in [6.07, 6.45) is 6.62. The number of hydrogen-bond donors (Lipinski definition) is 2. The molecule has 0 saturated heterocycles. The van der Waals surface area contributed by atoms with E-state index in [0.717, 1.165) is 11.5 Å². The van der Waals surface area contributed by atoms with E-state index in [4.69, 9.17) is 11.6 Å². The van der Waals surface area contributed by atoms with Gasteiger partial charge in [0.05, 0.1) is 6.20 Å². The van der Waals surface area contributed by atoms with Crippen LogP contribution < -0.4 is 10.6 Å². The highest BCUT2D eigenvalue weighted by Crippen LogP contribution is 2.22. The van der Waals surface area contributed by atoms with E-state index < -0.39 is 0 Å². The second-order valence-corrected chi connectivity index (χ2v) is 5.36. The zero-order valence-corrected chi connectivity index (χ0v) is 11.8. The maximum absolute atomic E-state index is 5.85. The maximum Gasteiger partial charge on any atom is 0.249 e. The Hall–Kier alpha value is -1.88. The molecule has 1 saturated carbocycles. The first kappa shape index (κ1) is 13.1. The van der Waals surface area contributed by atoms with E-state index in [1.807, 2.05) is 24.3 Å². The lowest BCUT2D eigenvalue weighted by Crippen LogP contribution is -2.16. The highest BCUT2D eigenvalue weighted by atomic mass is 35.5. The Morgan fingerprint density at radius 1 is 1.10 bits per heavy atom. The van der Waals surface area contributed by atoms with Gasteiger partial charge in [-0.3, -0.25) is 0 Å². The van der Waals surface area contributed by atoms with Crippen LogP contribution in [0.15, 0.2) is 30.5 Å². The first-order valence-corrected chi connectivity index (χ1v) is 7.16. The molecule has 0 unspecified atom stereocenters. The van der Waals surface area contributed by atoms with Crippen molar-refractivity contribution in [1.29, 1.82) is 0 Å². The van der Waals surface area contributed by atoms with Crippen LogP contribution in [-0.2, 0) is 0 Å². The fourth-order valence-electron chi connectivity index (χ4n) is 2.37. The number of halogens is 1. The van der Waals surface area contributed by atoms with Crippen LogP contribution in [0.25, 0.3) is 0 Å².